The van der Waals surface area contributed by atoms with Crippen LogP contribution in [0, 0.1) is 17.6 Å². The zero-order valence-electron chi connectivity index (χ0n) is 18.6. The molecule has 2 aromatic carbocycles. The molecule has 4 rings (SSSR count). The summed E-state index contributed by atoms with van der Waals surface area (Å²) in [6, 6.07) is 9.58. The third kappa shape index (κ3) is 5.59. The van der Waals surface area contributed by atoms with Gasteiger partial charge in [-0.3, -0.25) is 18.4 Å². The summed E-state index contributed by atoms with van der Waals surface area (Å²) in [7, 11) is -0.862. The summed E-state index contributed by atoms with van der Waals surface area (Å²) >= 11 is 6.03. The molecular formula is C24H23ClF2N4O3S. The van der Waals surface area contributed by atoms with Crippen LogP contribution in [-0.4, -0.2) is 50.5 Å². The molecule has 184 valence electrons. The third-order valence-electron chi connectivity index (χ3n) is 5.89. The van der Waals surface area contributed by atoms with E-state index in [9.17, 15) is 22.6 Å². The Bertz CT molecular complexity index is 1270. The van der Waals surface area contributed by atoms with Crippen molar-refractivity contribution in [3.05, 3.63) is 64.8 Å². The molecule has 1 aromatic heterocycles. The highest BCUT2D eigenvalue weighted by Gasteiger charge is 2.28. The van der Waals surface area contributed by atoms with E-state index in [-0.39, 0.29) is 35.4 Å². The fourth-order valence-corrected chi connectivity index (χ4v) is 5.74. The summed E-state index contributed by atoms with van der Waals surface area (Å²) in [6.45, 7) is 0.132. The first-order chi connectivity index (χ1) is 16.8. The van der Waals surface area contributed by atoms with Gasteiger partial charge in [-0.1, -0.05) is 11.6 Å². The summed E-state index contributed by atoms with van der Waals surface area (Å²) in [5.74, 6) is -0.806. The zero-order valence-corrected chi connectivity index (χ0v) is 20.2. The summed E-state index contributed by atoms with van der Waals surface area (Å²) in [5.41, 5.74) is 6.03. The van der Waals surface area contributed by atoms with Crippen molar-refractivity contribution in [3.63, 3.8) is 0 Å². The van der Waals surface area contributed by atoms with Crippen LogP contribution in [0.5, 0.6) is 0 Å². The van der Waals surface area contributed by atoms with Crippen LogP contribution in [0.15, 0.2) is 42.5 Å². The molecule has 1 saturated heterocycles. The molecule has 1 aliphatic heterocycles. The molecular weight excluding hydrogens is 498 g/mol. The van der Waals surface area contributed by atoms with Gasteiger partial charge in [-0.15, -0.1) is 0 Å². The molecule has 2 heterocycles. The number of aldehydes is 1. The number of rotatable bonds is 8. The van der Waals surface area contributed by atoms with E-state index in [0.717, 1.165) is 12.1 Å². The number of benzene rings is 2. The zero-order chi connectivity index (χ0) is 25.1. The van der Waals surface area contributed by atoms with Gasteiger partial charge < -0.3 is 10.6 Å². The molecule has 1 fully saturated rings. The van der Waals surface area contributed by atoms with Crippen molar-refractivity contribution in [2.75, 3.05) is 29.5 Å². The molecule has 7 nitrogen and oxygen atoms in total. The van der Waals surface area contributed by atoms with E-state index in [1.165, 1.54) is 10.6 Å². The lowest BCUT2D eigenvalue weighted by Gasteiger charge is -2.29. The molecule has 1 amide bonds. The number of halogens is 3. The van der Waals surface area contributed by atoms with Crippen molar-refractivity contribution in [2.45, 2.75) is 12.8 Å². The molecule has 0 unspecified atom stereocenters. The Labute approximate surface area is 208 Å². The highest BCUT2D eigenvalue weighted by Crippen LogP contribution is 2.33. The summed E-state index contributed by atoms with van der Waals surface area (Å²) in [4.78, 5) is 30.5. The van der Waals surface area contributed by atoms with E-state index in [4.69, 9.17) is 17.3 Å². The number of primary amides is 1. The van der Waals surface area contributed by atoms with Crippen LogP contribution in [0.4, 0.5) is 14.6 Å². The first kappa shape index (κ1) is 25.0. The fraction of sp³-hybridized carbons (Fsp3) is 0.292. The molecule has 0 saturated carbocycles. The molecule has 0 spiro atoms. The number of hydrogen-bond donors (Lipinski definition) is 1. The molecule has 0 bridgehead atoms. The van der Waals surface area contributed by atoms with Crippen molar-refractivity contribution in [1.29, 1.82) is 0 Å². The van der Waals surface area contributed by atoms with Gasteiger partial charge in [0.1, 0.15) is 17.3 Å². The second-order valence-electron chi connectivity index (χ2n) is 8.34. The average molecular weight is 521 g/mol. The normalized spacial score (nSPS) is 17.8. The number of aromatic nitrogens is 2. The molecule has 0 radical (unpaired) electrons. The molecule has 1 aliphatic rings. The van der Waals surface area contributed by atoms with E-state index < -0.39 is 28.3 Å². The van der Waals surface area contributed by atoms with Crippen LogP contribution in [0.3, 0.4) is 0 Å². The fourth-order valence-electron chi connectivity index (χ4n) is 4.21. The Hall–Kier alpha value is -3.11. The van der Waals surface area contributed by atoms with Crippen LogP contribution < -0.4 is 10.6 Å². The minimum Gasteiger partial charge on any atom is -0.368 e. The molecule has 0 atom stereocenters. The van der Waals surface area contributed by atoms with Crippen LogP contribution in [0.2, 0.25) is 5.02 Å². The minimum absolute atomic E-state index is 0.0252. The van der Waals surface area contributed by atoms with E-state index >= 15 is 0 Å². The quantitative estimate of drug-likeness (QED) is 0.456. The van der Waals surface area contributed by atoms with Crippen molar-refractivity contribution in [2.24, 2.45) is 11.7 Å². The molecule has 3 aromatic rings. The van der Waals surface area contributed by atoms with Crippen molar-refractivity contribution in [1.82, 2.24) is 9.55 Å². The number of carbonyl (C=O) groups excluding carboxylic acids is 2. The Kier molecular flexibility index (Phi) is 7.61. The third-order valence-corrected chi connectivity index (χ3v) is 7.53. The predicted octanol–water partition coefficient (Wildman–Crippen LogP) is 3.73. The molecule has 11 heteroatoms. The van der Waals surface area contributed by atoms with Crippen LogP contribution in [0.25, 0.3) is 17.1 Å². The van der Waals surface area contributed by atoms with Gasteiger partial charge in [0.25, 0.3) is 0 Å². The molecule has 2 N–H and O–H groups in total. The maximum Gasteiger partial charge on any atom is 0.236 e. The minimum atomic E-state index is -0.862. The van der Waals surface area contributed by atoms with Gasteiger partial charge in [0, 0.05) is 45.6 Å². The number of anilines is 1. The summed E-state index contributed by atoms with van der Waals surface area (Å²) < 4.78 is 41.7. The summed E-state index contributed by atoms with van der Waals surface area (Å²) in [6.07, 6.45) is 1.96. The Morgan fingerprint density at radius 3 is 2.49 bits per heavy atom. The lowest BCUT2D eigenvalue weighted by Crippen LogP contribution is -2.39. The standard InChI is InChI=1S/C24H23ClF2N4O3S/c25-16-1-4-18(5-2-16)31-21(14-32)24(29-23(31)19-6-3-17(26)11-20(19)27)30(13-22(28)33)12-15-7-9-35(34)10-8-15/h1-6,11,14-15H,7-10,12-13H2,(H2,28,33). The van der Waals surface area contributed by atoms with Gasteiger partial charge in [-0.2, -0.15) is 0 Å². The van der Waals surface area contributed by atoms with Crippen molar-refractivity contribution in [3.8, 4) is 17.1 Å². The van der Waals surface area contributed by atoms with Gasteiger partial charge in [-0.25, -0.2) is 13.8 Å². The van der Waals surface area contributed by atoms with Gasteiger partial charge >= 0.3 is 0 Å². The first-order valence-electron chi connectivity index (χ1n) is 10.9. The second-order valence-corrected chi connectivity index (χ2v) is 10.5. The number of imidazole rings is 1. The lowest BCUT2D eigenvalue weighted by molar-refractivity contribution is -0.116. The predicted molar refractivity (Wildman–Crippen MR) is 131 cm³/mol. The maximum absolute atomic E-state index is 14.8. The van der Waals surface area contributed by atoms with E-state index in [1.807, 2.05) is 0 Å². The number of nitrogens with zero attached hydrogens (tertiary/aromatic N) is 3. The Balaban J connectivity index is 1.88. The SMILES string of the molecule is NC(=O)CN(CC1CCS(=O)CC1)c1nc(-c2ccc(F)cc2F)n(-c2ccc(Cl)cc2)c1C=O. The van der Waals surface area contributed by atoms with Crippen LogP contribution in [0.1, 0.15) is 23.3 Å². The number of carbonyl (C=O) groups is 2. The van der Waals surface area contributed by atoms with Crippen LogP contribution in [-0.2, 0) is 15.6 Å². The van der Waals surface area contributed by atoms with Crippen molar-refractivity contribution < 1.29 is 22.6 Å². The molecule has 0 aliphatic carbocycles. The monoisotopic (exact) mass is 520 g/mol. The summed E-state index contributed by atoms with van der Waals surface area (Å²) in [5, 5.41) is 0.460. The maximum atomic E-state index is 14.8. The second kappa shape index (κ2) is 10.7. The average Bonchev–Trinajstić information content (AvgIpc) is 3.19. The van der Waals surface area contributed by atoms with E-state index in [2.05, 4.69) is 4.98 Å². The van der Waals surface area contributed by atoms with Crippen molar-refractivity contribution >= 4 is 40.4 Å². The van der Waals surface area contributed by atoms with Gasteiger partial charge in [0.05, 0.1) is 12.1 Å². The van der Waals surface area contributed by atoms with Crippen LogP contribution >= 0.6 is 11.6 Å². The van der Waals surface area contributed by atoms with E-state index in [0.29, 0.717) is 47.9 Å². The number of amides is 1. The number of hydrogen-bond acceptors (Lipinski definition) is 5. The van der Waals surface area contributed by atoms with E-state index in [1.54, 1.807) is 29.2 Å². The van der Waals surface area contributed by atoms with Gasteiger partial charge in [-0.05, 0) is 55.2 Å². The van der Waals surface area contributed by atoms with Gasteiger partial charge in [0.15, 0.2) is 17.9 Å². The largest absolute Gasteiger partial charge is 0.368 e. The first-order valence-corrected chi connectivity index (χ1v) is 12.8. The Morgan fingerprint density at radius 1 is 1.20 bits per heavy atom. The molecule has 35 heavy (non-hydrogen) atoms. The number of nitrogens with two attached hydrogens (primary N) is 1. The Morgan fingerprint density at radius 2 is 1.89 bits per heavy atom. The highest BCUT2D eigenvalue weighted by molar-refractivity contribution is 7.85. The smallest absolute Gasteiger partial charge is 0.236 e. The highest BCUT2D eigenvalue weighted by atomic mass is 35.5. The van der Waals surface area contributed by atoms with Gasteiger partial charge in [0.2, 0.25) is 5.91 Å². The topological polar surface area (TPSA) is 98.3 Å². The lowest BCUT2D eigenvalue weighted by atomic mass is 10.0.